The Bertz CT molecular complexity index is 1980. The van der Waals surface area contributed by atoms with Crippen molar-refractivity contribution < 1.29 is 0 Å². The second kappa shape index (κ2) is 9.99. The third-order valence-corrected chi connectivity index (χ3v) is 12.2. The fraction of sp³-hybridized carbons (Fsp3) is 0. The van der Waals surface area contributed by atoms with Crippen LogP contribution in [0.4, 0.5) is 0 Å². The standard InChI is InChI=1S/C36H22S4/c1-3-7-25-21-27(11-9-23(25)5-1)29-13-15-31(37-29)33-17-19-35(39-33)36-20-18-34(40-36)32-16-14-30(38-32)28-12-10-24-6-2-4-8-26(24)22-28/h1-22H. The summed E-state index contributed by atoms with van der Waals surface area (Å²) >= 11 is 7.52. The lowest BCUT2D eigenvalue weighted by Gasteiger charge is -2.01. The topological polar surface area (TPSA) is 0 Å². The Labute approximate surface area is 249 Å². The van der Waals surface area contributed by atoms with Gasteiger partial charge in [-0.25, -0.2) is 0 Å². The molecule has 0 amide bonds. The smallest absolute Gasteiger partial charge is 0.0449 e. The normalized spacial score (nSPS) is 11.5. The van der Waals surface area contributed by atoms with Crippen LogP contribution < -0.4 is 0 Å². The van der Waals surface area contributed by atoms with E-state index in [4.69, 9.17) is 0 Å². The van der Waals surface area contributed by atoms with Crippen molar-refractivity contribution in [1.82, 2.24) is 0 Å². The molecule has 0 spiro atoms. The molecule has 0 unspecified atom stereocenters. The van der Waals surface area contributed by atoms with E-state index in [1.54, 1.807) is 0 Å². The molecule has 4 heteroatoms. The van der Waals surface area contributed by atoms with Crippen molar-refractivity contribution in [3.8, 4) is 50.1 Å². The highest BCUT2D eigenvalue weighted by Crippen LogP contribution is 2.45. The van der Waals surface area contributed by atoms with Gasteiger partial charge in [-0.2, -0.15) is 0 Å². The van der Waals surface area contributed by atoms with E-state index in [0.717, 1.165) is 0 Å². The molecule has 4 heterocycles. The van der Waals surface area contributed by atoms with Crippen molar-refractivity contribution in [2.45, 2.75) is 0 Å². The minimum absolute atomic E-state index is 1.29. The van der Waals surface area contributed by atoms with Crippen LogP contribution in [-0.4, -0.2) is 0 Å². The van der Waals surface area contributed by atoms with Crippen molar-refractivity contribution >= 4 is 66.9 Å². The van der Waals surface area contributed by atoms with Gasteiger partial charge in [-0.05, 0) is 93.3 Å². The van der Waals surface area contributed by atoms with E-state index in [1.165, 1.54) is 71.7 Å². The van der Waals surface area contributed by atoms with E-state index < -0.39 is 0 Å². The van der Waals surface area contributed by atoms with Gasteiger partial charge < -0.3 is 0 Å². The Hall–Kier alpha value is -3.80. The van der Waals surface area contributed by atoms with Crippen LogP contribution in [0.25, 0.3) is 71.7 Å². The van der Waals surface area contributed by atoms with Gasteiger partial charge in [0.25, 0.3) is 0 Å². The van der Waals surface area contributed by atoms with E-state index in [0.29, 0.717) is 0 Å². The van der Waals surface area contributed by atoms with Crippen molar-refractivity contribution in [3.63, 3.8) is 0 Å². The first-order valence-corrected chi connectivity index (χ1v) is 16.4. The van der Waals surface area contributed by atoms with Crippen LogP contribution >= 0.6 is 45.3 Å². The molecule has 4 aromatic carbocycles. The molecular weight excluding hydrogens is 561 g/mol. The summed E-state index contributed by atoms with van der Waals surface area (Å²) in [7, 11) is 0. The van der Waals surface area contributed by atoms with Crippen LogP contribution in [0.5, 0.6) is 0 Å². The van der Waals surface area contributed by atoms with Crippen molar-refractivity contribution in [1.29, 1.82) is 0 Å². The molecule has 8 rings (SSSR count). The van der Waals surface area contributed by atoms with Crippen LogP contribution in [-0.2, 0) is 0 Å². The maximum atomic E-state index is 2.30. The summed E-state index contributed by atoms with van der Waals surface area (Å²) in [6.07, 6.45) is 0. The number of fused-ring (bicyclic) bond motifs is 2. The minimum atomic E-state index is 1.29. The molecule has 0 saturated carbocycles. The molecule has 0 N–H and O–H groups in total. The van der Waals surface area contributed by atoms with Gasteiger partial charge in [0.15, 0.2) is 0 Å². The summed E-state index contributed by atoms with van der Waals surface area (Å²) in [5, 5.41) is 5.15. The quantitative estimate of drug-likeness (QED) is 0.189. The second-order valence-electron chi connectivity index (χ2n) is 9.78. The predicted octanol–water partition coefficient (Wildman–Crippen LogP) is 12.6. The van der Waals surface area contributed by atoms with Gasteiger partial charge in [0.2, 0.25) is 0 Å². The lowest BCUT2D eigenvalue weighted by atomic mass is 10.1. The van der Waals surface area contributed by atoms with E-state index in [9.17, 15) is 0 Å². The van der Waals surface area contributed by atoms with Crippen molar-refractivity contribution in [2.24, 2.45) is 0 Å². The lowest BCUT2D eigenvalue weighted by molar-refractivity contribution is 1.73. The molecule has 190 valence electrons. The van der Waals surface area contributed by atoms with Crippen LogP contribution in [0.2, 0.25) is 0 Å². The largest absolute Gasteiger partial charge is 0.134 e. The minimum Gasteiger partial charge on any atom is -0.134 e. The van der Waals surface area contributed by atoms with E-state index in [-0.39, 0.29) is 0 Å². The van der Waals surface area contributed by atoms with Gasteiger partial charge in [-0.3, -0.25) is 0 Å². The predicted molar refractivity (Wildman–Crippen MR) is 180 cm³/mol. The third-order valence-electron chi connectivity index (χ3n) is 7.22. The molecule has 0 radical (unpaired) electrons. The first-order chi connectivity index (χ1) is 19.8. The number of rotatable bonds is 5. The van der Waals surface area contributed by atoms with E-state index in [2.05, 4.69) is 133 Å². The van der Waals surface area contributed by atoms with Crippen LogP contribution in [0, 0.1) is 0 Å². The van der Waals surface area contributed by atoms with E-state index >= 15 is 0 Å². The molecule has 0 fully saturated rings. The van der Waals surface area contributed by atoms with Gasteiger partial charge in [-0.1, -0.05) is 72.8 Å². The van der Waals surface area contributed by atoms with E-state index in [1.807, 2.05) is 45.3 Å². The van der Waals surface area contributed by atoms with Gasteiger partial charge >= 0.3 is 0 Å². The molecular formula is C36H22S4. The lowest BCUT2D eigenvalue weighted by Crippen LogP contribution is -1.74. The molecule has 0 atom stereocenters. The Balaban J connectivity index is 1.04. The van der Waals surface area contributed by atoms with Crippen molar-refractivity contribution in [2.75, 3.05) is 0 Å². The summed E-state index contributed by atoms with van der Waals surface area (Å²) in [5.41, 5.74) is 2.57. The SMILES string of the molecule is c1ccc2cc(-c3ccc(-c4ccc(-c5ccc(-c6ccc(-c7ccc8ccccc8c7)s6)s5)s4)s3)ccc2c1. The molecule has 0 saturated heterocycles. The van der Waals surface area contributed by atoms with Gasteiger partial charge in [0, 0.05) is 39.0 Å². The zero-order valence-electron chi connectivity index (χ0n) is 21.3. The number of hydrogen-bond acceptors (Lipinski definition) is 4. The zero-order chi connectivity index (χ0) is 26.5. The average Bonchev–Trinajstić information content (AvgIpc) is 3.82. The molecule has 40 heavy (non-hydrogen) atoms. The number of benzene rings is 4. The molecule has 0 aliphatic heterocycles. The average molecular weight is 583 g/mol. The maximum Gasteiger partial charge on any atom is 0.0449 e. The molecule has 0 aliphatic carbocycles. The molecule has 0 nitrogen and oxygen atoms in total. The third kappa shape index (κ3) is 4.43. The van der Waals surface area contributed by atoms with Gasteiger partial charge in [0.1, 0.15) is 0 Å². The second-order valence-corrected chi connectivity index (χ2v) is 14.1. The highest BCUT2D eigenvalue weighted by Gasteiger charge is 2.13. The summed E-state index contributed by atoms with van der Waals surface area (Å²) < 4.78 is 0. The number of thiophene rings is 4. The summed E-state index contributed by atoms with van der Waals surface area (Å²) in [6.45, 7) is 0. The fourth-order valence-corrected chi connectivity index (χ4v) is 9.43. The molecule has 0 bridgehead atoms. The van der Waals surface area contributed by atoms with Crippen LogP contribution in [0.1, 0.15) is 0 Å². The Morgan fingerprint density at radius 2 is 0.550 bits per heavy atom. The Morgan fingerprint density at radius 3 is 0.925 bits per heavy atom. The molecule has 4 aromatic heterocycles. The Kier molecular flexibility index (Phi) is 6.00. The van der Waals surface area contributed by atoms with Crippen LogP contribution in [0.15, 0.2) is 133 Å². The first-order valence-electron chi connectivity index (χ1n) is 13.2. The highest BCUT2D eigenvalue weighted by molar-refractivity contribution is 7.29. The molecule has 8 aromatic rings. The maximum absolute atomic E-state index is 2.30. The highest BCUT2D eigenvalue weighted by atomic mass is 32.1. The zero-order valence-corrected chi connectivity index (χ0v) is 24.6. The van der Waals surface area contributed by atoms with Gasteiger partial charge in [-0.15, -0.1) is 45.3 Å². The summed E-state index contributed by atoms with van der Waals surface area (Å²) in [4.78, 5) is 10.6. The Morgan fingerprint density at radius 1 is 0.250 bits per heavy atom. The fourth-order valence-electron chi connectivity index (χ4n) is 5.14. The molecule has 0 aliphatic rings. The monoisotopic (exact) mass is 582 g/mol. The van der Waals surface area contributed by atoms with Gasteiger partial charge in [0.05, 0.1) is 0 Å². The van der Waals surface area contributed by atoms with Crippen molar-refractivity contribution in [3.05, 3.63) is 133 Å². The van der Waals surface area contributed by atoms with Crippen LogP contribution in [0.3, 0.4) is 0 Å². The number of hydrogen-bond donors (Lipinski definition) is 0. The first kappa shape index (κ1) is 24.0. The summed E-state index contributed by atoms with van der Waals surface area (Å²) in [5.74, 6) is 0. The summed E-state index contributed by atoms with van der Waals surface area (Å²) in [6, 6.07) is 48.8.